The fourth-order valence-electron chi connectivity index (χ4n) is 4.30. The van der Waals surface area contributed by atoms with Crippen LogP contribution in [-0.2, 0) is 14.3 Å². The van der Waals surface area contributed by atoms with E-state index in [-0.39, 0.29) is 12.5 Å². The largest absolute Gasteiger partial charge is 0.481 e. The Kier molecular flexibility index (Phi) is 7.41. The smallest absolute Gasteiger partial charge is 0.408 e. The number of hydrogen-bond donors (Lipinski definition) is 3. The van der Waals surface area contributed by atoms with E-state index < -0.39 is 35.5 Å². The van der Waals surface area contributed by atoms with Crippen molar-refractivity contribution in [2.75, 3.05) is 6.61 Å². The molecular formula is C26H32N2O5. The molecule has 0 saturated heterocycles. The van der Waals surface area contributed by atoms with Crippen molar-refractivity contribution in [3.05, 3.63) is 59.7 Å². The molecule has 0 aliphatic heterocycles. The Labute approximate surface area is 194 Å². The number of carboxylic acid groups (broad SMARTS) is 1. The molecule has 3 rings (SSSR count). The van der Waals surface area contributed by atoms with Crippen LogP contribution < -0.4 is 10.6 Å². The Morgan fingerprint density at radius 3 is 2.09 bits per heavy atom. The lowest BCUT2D eigenvalue weighted by Gasteiger charge is -2.31. The first-order valence-corrected chi connectivity index (χ1v) is 11.3. The average Bonchev–Trinajstić information content (AvgIpc) is 3.11. The lowest BCUT2D eigenvalue weighted by Crippen LogP contribution is -2.59. The van der Waals surface area contributed by atoms with Gasteiger partial charge in [0.25, 0.3) is 0 Å². The molecule has 0 saturated carbocycles. The van der Waals surface area contributed by atoms with Crippen LogP contribution in [0.25, 0.3) is 11.1 Å². The van der Waals surface area contributed by atoms with Crippen molar-refractivity contribution in [3.63, 3.8) is 0 Å². The van der Waals surface area contributed by atoms with Crippen molar-refractivity contribution in [3.8, 4) is 11.1 Å². The maximum atomic E-state index is 12.9. The van der Waals surface area contributed by atoms with Crippen molar-refractivity contribution >= 4 is 18.0 Å². The topological polar surface area (TPSA) is 105 Å². The molecule has 0 spiro atoms. The van der Waals surface area contributed by atoms with E-state index in [1.807, 2.05) is 43.3 Å². The average molecular weight is 453 g/mol. The minimum Gasteiger partial charge on any atom is -0.481 e. The van der Waals surface area contributed by atoms with Crippen molar-refractivity contribution < 1.29 is 24.2 Å². The van der Waals surface area contributed by atoms with Crippen LogP contribution in [0.5, 0.6) is 0 Å². The third-order valence-electron chi connectivity index (χ3n) is 6.47. The highest BCUT2D eigenvalue weighted by molar-refractivity contribution is 5.90. The number of benzene rings is 2. The van der Waals surface area contributed by atoms with E-state index >= 15 is 0 Å². The summed E-state index contributed by atoms with van der Waals surface area (Å²) < 4.78 is 5.60. The van der Waals surface area contributed by atoms with Crippen LogP contribution in [0.4, 0.5) is 4.79 Å². The maximum Gasteiger partial charge on any atom is 0.408 e. The molecule has 0 radical (unpaired) electrons. The summed E-state index contributed by atoms with van der Waals surface area (Å²) in [7, 11) is 0. The molecule has 2 aromatic rings. The lowest BCUT2D eigenvalue weighted by atomic mass is 9.93. The van der Waals surface area contributed by atoms with Crippen LogP contribution in [0, 0.1) is 5.92 Å². The number of nitrogens with one attached hydrogen (secondary N) is 2. The Morgan fingerprint density at radius 1 is 1.03 bits per heavy atom. The van der Waals surface area contributed by atoms with Gasteiger partial charge in [0.05, 0.1) is 5.92 Å². The number of amides is 2. The summed E-state index contributed by atoms with van der Waals surface area (Å²) in [5.74, 6) is -2.26. The molecule has 2 aromatic carbocycles. The van der Waals surface area contributed by atoms with Crippen molar-refractivity contribution in [1.82, 2.24) is 10.6 Å². The summed E-state index contributed by atoms with van der Waals surface area (Å²) in [5, 5.41) is 14.6. The number of fused-ring (bicyclic) bond motifs is 3. The fourth-order valence-corrected chi connectivity index (χ4v) is 4.30. The summed E-state index contributed by atoms with van der Waals surface area (Å²) in [6.45, 7) is 6.86. The van der Waals surface area contributed by atoms with Crippen LogP contribution in [0.3, 0.4) is 0 Å². The van der Waals surface area contributed by atoms with Crippen LogP contribution >= 0.6 is 0 Å². The number of carbonyl (C=O) groups excluding carboxylic acids is 2. The van der Waals surface area contributed by atoms with E-state index in [9.17, 15) is 19.5 Å². The summed E-state index contributed by atoms with van der Waals surface area (Å²) in [6.07, 6.45) is 0.357. The zero-order valence-corrected chi connectivity index (χ0v) is 19.6. The van der Waals surface area contributed by atoms with Gasteiger partial charge in [-0.2, -0.15) is 0 Å². The molecule has 0 fully saturated rings. The molecule has 2 amide bonds. The SMILES string of the molecule is CCCC(C)(NC(=O)OCC1c2ccccc2-c2ccccc21)C(=O)NC(C)C(C)C(=O)O. The molecular weight excluding hydrogens is 420 g/mol. The summed E-state index contributed by atoms with van der Waals surface area (Å²) >= 11 is 0. The number of carboxylic acids is 1. The van der Waals surface area contributed by atoms with Crippen molar-refractivity contribution in [2.45, 2.75) is 58.0 Å². The summed E-state index contributed by atoms with van der Waals surface area (Å²) in [5.41, 5.74) is 3.27. The predicted molar refractivity (Wildman–Crippen MR) is 126 cm³/mol. The molecule has 0 bridgehead atoms. The third-order valence-corrected chi connectivity index (χ3v) is 6.47. The molecule has 1 aliphatic carbocycles. The number of alkyl carbamates (subject to hydrolysis) is 1. The van der Waals surface area contributed by atoms with Gasteiger partial charge in [-0.15, -0.1) is 0 Å². The molecule has 176 valence electrons. The monoisotopic (exact) mass is 452 g/mol. The Morgan fingerprint density at radius 2 is 1.58 bits per heavy atom. The molecule has 3 unspecified atom stereocenters. The van der Waals surface area contributed by atoms with Crippen molar-refractivity contribution in [1.29, 1.82) is 0 Å². The molecule has 3 atom stereocenters. The number of aliphatic carboxylic acids is 1. The first kappa shape index (κ1) is 24.3. The van der Waals surface area contributed by atoms with Gasteiger partial charge in [-0.25, -0.2) is 4.79 Å². The van der Waals surface area contributed by atoms with Crippen LogP contribution in [-0.4, -0.2) is 41.3 Å². The molecule has 1 aliphatic rings. The number of hydrogen-bond acceptors (Lipinski definition) is 4. The first-order chi connectivity index (χ1) is 15.7. The minimum absolute atomic E-state index is 0.0779. The Hall–Kier alpha value is -3.35. The van der Waals surface area contributed by atoms with Crippen LogP contribution in [0.15, 0.2) is 48.5 Å². The summed E-state index contributed by atoms with van der Waals surface area (Å²) in [6, 6.07) is 15.6. The minimum atomic E-state index is -1.22. The normalized spacial score (nSPS) is 16.0. The van der Waals surface area contributed by atoms with Gasteiger partial charge in [0.15, 0.2) is 0 Å². The maximum absolute atomic E-state index is 12.9. The molecule has 7 nitrogen and oxygen atoms in total. The third kappa shape index (κ3) is 5.18. The summed E-state index contributed by atoms with van der Waals surface area (Å²) in [4.78, 5) is 36.9. The van der Waals surface area contributed by atoms with E-state index in [0.29, 0.717) is 12.8 Å². The number of rotatable bonds is 9. The highest BCUT2D eigenvalue weighted by atomic mass is 16.5. The predicted octanol–water partition coefficient (Wildman–Crippen LogP) is 4.31. The van der Waals surface area contributed by atoms with Gasteiger partial charge in [0.1, 0.15) is 12.1 Å². The van der Waals surface area contributed by atoms with Crippen LogP contribution in [0.2, 0.25) is 0 Å². The van der Waals surface area contributed by atoms with E-state index in [1.165, 1.54) is 6.92 Å². The highest BCUT2D eigenvalue weighted by Gasteiger charge is 2.37. The fraction of sp³-hybridized carbons (Fsp3) is 0.423. The van der Waals surface area contributed by atoms with E-state index in [4.69, 9.17) is 4.74 Å². The second kappa shape index (κ2) is 10.1. The second-order valence-electron chi connectivity index (χ2n) is 8.92. The lowest BCUT2D eigenvalue weighted by molar-refractivity contribution is -0.142. The molecule has 0 heterocycles. The molecule has 33 heavy (non-hydrogen) atoms. The number of ether oxygens (including phenoxy) is 1. The Bertz CT molecular complexity index is 991. The van der Waals surface area contributed by atoms with Crippen molar-refractivity contribution in [2.24, 2.45) is 5.92 Å². The van der Waals surface area contributed by atoms with E-state index in [1.54, 1.807) is 13.8 Å². The van der Waals surface area contributed by atoms with Gasteiger partial charge in [-0.1, -0.05) is 61.9 Å². The highest BCUT2D eigenvalue weighted by Crippen LogP contribution is 2.44. The van der Waals surface area contributed by atoms with Gasteiger partial charge >= 0.3 is 12.1 Å². The van der Waals surface area contributed by atoms with Gasteiger partial charge in [0, 0.05) is 12.0 Å². The van der Waals surface area contributed by atoms with Gasteiger partial charge in [-0.05, 0) is 49.4 Å². The quantitative estimate of drug-likeness (QED) is 0.526. The molecule has 0 aromatic heterocycles. The van der Waals surface area contributed by atoms with E-state index in [0.717, 1.165) is 22.3 Å². The Balaban J connectivity index is 1.68. The van der Waals surface area contributed by atoms with Crippen LogP contribution in [0.1, 0.15) is 57.6 Å². The van der Waals surface area contributed by atoms with E-state index in [2.05, 4.69) is 22.8 Å². The second-order valence-corrected chi connectivity index (χ2v) is 8.92. The zero-order valence-electron chi connectivity index (χ0n) is 19.6. The number of carbonyl (C=O) groups is 3. The first-order valence-electron chi connectivity index (χ1n) is 11.3. The van der Waals surface area contributed by atoms with Gasteiger partial charge in [0.2, 0.25) is 5.91 Å². The molecule has 7 heteroatoms. The van der Waals surface area contributed by atoms with Gasteiger partial charge in [-0.3, -0.25) is 9.59 Å². The van der Waals surface area contributed by atoms with Gasteiger partial charge < -0.3 is 20.5 Å². The zero-order chi connectivity index (χ0) is 24.2. The standard InChI is InChI=1S/C26H32N2O5/c1-5-14-26(4,24(31)27-17(3)16(2)23(29)30)28-25(32)33-15-22-20-12-8-6-10-18(20)19-11-7-9-13-21(19)22/h6-13,16-17,22H,5,14-15H2,1-4H3,(H,27,31)(H,28,32)(H,29,30). The molecule has 3 N–H and O–H groups in total.